The summed E-state index contributed by atoms with van der Waals surface area (Å²) in [6, 6.07) is 11.0. The van der Waals surface area contributed by atoms with E-state index in [4.69, 9.17) is 16.1 Å². The number of nitrogens with zero attached hydrogens (tertiary/aromatic N) is 3. The first-order valence-electron chi connectivity index (χ1n) is 7.21. The first-order chi connectivity index (χ1) is 11.6. The van der Waals surface area contributed by atoms with Gasteiger partial charge in [-0.15, -0.1) is 11.3 Å². The monoisotopic (exact) mass is 362 g/mol. The highest BCUT2D eigenvalue weighted by Gasteiger charge is 2.14. The van der Waals surface area contributed by atoms with Crippen LogP contribution < -0.4 is 5.32 Å². The van der Waals surface area contributed by atoms with E-state index in [9.17, 15) is 4.79 Å². The number of nitrogens with one attached hydrogen (secondary N) is 1. The molecule has 0 aliphatic carbocycles. The van der Waals surface area contributed by atoms with Crippen LogP contribution in [0.2, 0.25) is 5.02 Å². The van der Waals surface area contributed by atoms with Crippen molar-refractivity contribution in [3.05, 3.63) is 52.7 Å². The van der Waals surface area contributed by atoms with Crippen molar-refractivity contribution in [3.63, 3.8) is 0 Å². The first-order valence-corrected chi connectivity index (χ1v) is 8.47. The molecule has 0 unspecified atom stereocenters. The molecule has 0 spiro atoms. The number of hydrogen-bond donors (Lipinski definition) is 1. The molecule has 6 nitrogen and oxygen atoms in total. The van der Waals surface area contributed by atoms with Gasteiger partial charge in [-0.25, -0.2) is 0 Å². The van der Waals surface area contributed by atoms with Crippen molar-refractivity contribution < 1.29 is 9.32 Å². The third-order valence-corrected chi connectivity index (χ3v) is 4.37. The van der Waals surface area contributed by atoms with Gasteiger partial charge in [0.15, 0.2) is 0 Å². The molecule has 0 atom stereocenters. The number of rotatable bonds is 6. The molecule has 124 valence electrons. The van der Waals surface area contributed by atoms with Crippen molar-refractivity contribution in [3.8, 4) is 10.7 Å². The highest BCUT2D eigenvalue weighted by molar-refractivity contribution is 7.13. The second-order valence-electron chi connectivity index (χ2n) is 5.19. The van der Waals surface area contributed by atoms with E-state index in [-0.39, 0.29) is 12.5 Å². The number of anilines is 1. The maximum Gasteiger partial charge on any atom is 0.241 e. The second kappa shape index (κ2) is 7.57. The second-order valence-corrected chi connectivity index (χ2v) is 6.54. The zero-order valence-corrected chi connectivity index (χ0v) is 14.5. The third-order valence-electron chi connectivity index (χ3n) is 3.18. The molecule has 24 heavy (non-hydrogen) atoms. The SMILES string of the molecule is CN(CC(=O)Nc1ccccc1Cl)Cc1nc(-c2cccs2)no1. The van der Waals surface area contributed by atoms with Gasteiger partial charge in [0.05, 0.1) is 28.7 Å². The fraction of sp³-hybridized carbons (Fsp3) is 0.188. The van der Waals surface area contributed by atoms with E-state index in [2.05, 4.69) is 15.5 Å². The van der Waals surface area contributed by atoms with Gasteiger partial charge in [-0.05, 0) is 30.6 Å². The van der Waals surface area contributed by atoms with Gasteiger partial charge >= 0.3 is 0 Å². The number of thiophene rings is 1. The van der Waals surface area contributed by atoms with Gasteiger partial charge in [-0.1, -0.05) is 35.0 Å². The third kappa shape index (κ3) is 4.19. The van der Waals surface area contributed by atoms with E-state index < -0.39 is 0 Å². The van der Waals surface area contributed by atoms with E-state index >= 15 is 0 Å². The Kier molecular flexibility index (Phi) is 5.24. The Bertz CT molecular complexity index is 819. The fourth-order valence-corrected chi connectivity index (χ4v) is 2.94. The Morgan fingerprint density at radius 3 is 2.92 bits per heavy atom. The van der Waals surface area contributed by atoms with Gasteiger partial charge in [0.25, 0.3) is 0 Å². The molecular formula is C16H15ClN4O2S. The summed E-state index contributed by atoms with van der Waals surface area (Å²) in [6.45, 7) is 0.566. The average Bonchev–Trinajstić information content (AvgIpc) is 3.20. The van der Waals surface area contributed by atoms with E-state index in [1.54, 1.807) is 35.4 Å². The molecule has 0 aliphatic rings. The van der Waals surface area contributed by atoms with Gasteiger partial charge in [-0.2, -0.15) is 4.98 Å². The van der Waals surface area contributed by atoms with Crippen LogP contribution in [-0.4, -0.2) is 34.5 Å². The van der Waals surface area contributed by atoms with Gasteiger partial charge in [0, 0.05) is 0 Å². The summed E-state index contributed by atoms with van der Waals surface area (Å²) >= 11 is 7.57. The van der Waals surface area contributed by atoms with Gasteiger partial charge in [0.1, 0.15) is 0 Å². The number of hydrogen-bond acceptors (Lipinski definition) is 6. The maximum absolute atomic E-state index is 12.1. The highest BCUT2D eigenvalue weighted by atomic mass is 35.5. The zero-order chi connectivity index (χ0) is 16.9. The van der Waals surface area contributed by atoms with Crippen LogP contribution in [0.25, 0.3) is 10.7 Å². The molecule has 3 aromatic rings. The minimum absolute atomic E-state index is 0.163. The number of likely N-dealkylation sites (N-methyl/N-ethyl adjacent to an activating group) is 1. The van der Waals surface area contributed by atoms with Crippen LogP contribution in [0.4, 0.5) is 5.69 Å². The van der Waals surface area contributed by atoms with Crippen LogP contribution in [0.5, 0.6) is 0 Å². The Morgan fingerprint density at radius 2 is 2.17 bits per heavy atom. The number of carbonyl (C=O) groups is 1. The molecule has 3 rings (SSSR count). The van der Waals surface area contributed by atoms with E-state index in [1.807, 2.05) is 29.6 Å². The molecule has 0 fully saturated rings. The van der Waals surface area contributed by atoms with Crippen LogP contribution in [0.1, 0.15) is 5.89 Å². The molecular weight excluding hydrogens is 348 g/mol. The van der Waals surface area contributed by atoms with Crippen LogP contribution in [0.15, 0.2) is 46.3 Å². The van der Waals surface area contributed by atoms with Crippen molar-refractivity contribution in [1.29, 1.82) is 0 Å². The lowest BCUT2D eigenvalue weighted by Crippen LogP contribution is -2.30. The van der Waals surface area contributed by atoms with Gasteiger partial charge in [-0.3, -0.25) is 9.69 Å². The lowest BCUT2D eigenvalue weighted by atomic mass is 10.3. The number of carbonyl (C=O) groups excluding carboxylic acids is 1. The summed E-state index contributed by atoms with van der Waals surface area (Å²) in [5.74, 6) is 0.865. The van der Waals surface area contributed by atoms with E-state index in [0.29, 0.717) is 29.0 Å². The standard InChI is InChI=1S/C16H15ClN4O2S/c1-21(9-14(22)18-12-6-3-2-5-11(12)17)10-15-19-16(20-23-15)13-7-4-8-24-13/h2-8H,9-10H2,1H3,(H,18,22). The summed E-state index contributed by atoms with van der Waals surface area (Å²) in [5, 5.41) is 9.19. The molecule has 2 heterocycles. The minimum Gasteiger partial charge on any atom is -0.338 e. The van der Waals surface area contributed by atoms with Crippen molar-refractivity contribution in [2.75, 3.05) is 18.9 Å². The first kappa shape index (κ1) is 16.6. The zero-order valence-electron chi connectivity index (χ0n) is 12.9. The normalized spacial score (nSPS) is 11.0. The molecule has 2 aromatic heterocycles. The quantitative estimate of drug-likeness (QED) is 0.726. The number of para-hydroxylation sites is 1. The molecule has 0 saturated carbocycles. The van der Waals surface area contributed by atoms with E-state index in [1.165, 1.54) is 0 Å². The Balaban J connectivity index is 1.55. The molecule has 0 saturated heterocycles. The molecule has 0 aliphatic heterocycles. The largest absolute Gasteiger partial charge is 0.338 e. The van der Waals surface area contributed by atoms with Crippen LogP contribution in [0.3, 0.4) is 0 Å². The highest BCUT2D eigenvalue weighted by Crippen LogP contribution is 2.22. The van der Waals surface area contributed by atoms with Gasteiger partial charge in [0.2, 0.25) is 17.6 Å². The topological polar surface area (TPSA) is 71.3 Å². The van der Waals surface area contributed by atoms with Crippen molar-refractivity contribution in [1.82, 2.24) is 15.0 Å². The predicted molar refractivity (Wildman–Crippen MR) is 94.0 cm³/mol. The van der Waals surface area contributed by atoms with Gasteiger partial charge < -0.3 is 9.84 Å². The Labute approximate surface area is 148 Å². The van der Waals surface area contributed by atoms with Crippen molar-refractivity contribution in [2.45, 2.75) is 6.54 Å². The van der Waals surface area contributed by atoms with Crippen LogP contribution in [-0.2, 0) is 11.3 Å². The number of benzene rings is 1. The summed E-state index contributed by atoms with van der Waals surface area (Å²) < 4.78 is 5.23. The van der Waals surface area contributed by atoms with Crippen molar-refractivity contribution in [2.24, 2.45) is 0 Å². The Hall–Kier alpha value is -2.22. The lowest BCUT2D eigenvalue weighted by Gasteiger charge is -2.14. The number of aromatic nitrogens is 2. The predicted octanol–water partition coefficient (Wildman–Crippen LogP) is 3.52. The molecule has 0 bridgehead atoms. The number of halogens is 1. The molecule has 1 N–H and O–H groups in total. The van der Waals surface area contributed by atoms with E-state index in [0.717, 1.165) is 4.88 Å². The molecule has 1 aromatic carbocycles. The molecule has 0 radical (unpaired) electrons. The summed E-state index contributed by atoms with van der Waals surface area (Å²) in [4.78, 5) is 19.2. The minimum atomic E-state index is -0.163. The molecule has 8 heteroatoms. The van der Waals surface area contributed by atoms with Crippen molar-refractivity contribution >= 4 is 34.5 Å². The smallest absolute Gasteiger partial charge is 0.241 e. The average molecular weight is 363 g/mol. The molecule has 1 amide bonds. The number of amides is 1. The van der Waals surface area contributed by atoms with Crippen LogP contribution in [0, 0.1) is 0 Å². The Morgan fingerprint density at radius 1 is 1.33 bits per heavy atom. The fourth-order valence-electron chi connectivity index (χ4n) is 2.11. The maximum atomic E-state index is 12.1. The summed E-state index contributed by atoms with van der Waals surface area (Å²) in [6.07, 6.45) is 0. The lowest BCUT2D eigenvalue weighted by molar-refractivity contribution is -0.117. The summed E-state index contributed by atoms with van der Waals surface area (Å²) in [7, 11) is 1.81. The van der Waals surface area contributed by atoms with Crippen LogP contribution >= 0.6 is 22.9 Å². The summed E-state index contributed by atoms with van der Waals surface area (Å²) in [5.41, 5.74) is 0.593.